The zero-order valence-corrected chi connectivity index (χ0v) is 28.1. The third-order valence-corrected chi connectivity index (χ3v) is 9.72. The molecule has 0 unspecified atom stereocenters. The van der Waals surface area contributed by atoms with Gasteiger partial charge in [0.2, 0.25) is 11.9 Å². The fraction of sp³-hybridized carbons (Fsp3) is 0.294. The summed E-state index contributed by atoms with van der Waals surface area (Å²) in [5.41, 5.74) is -2.39. The Kier molecular flexibility index (Phi) is 8.06. The lowest BCUT2D eigenvalue weighted by molar-refractivity contribution is -0.274. The van der Waals surface area contributed by atoms with E-state index in [9.17, 15) is 37.5 Å². The minimum absolute atomic E-state index is 0.00938. The number of anilines is 2. The van der Waals surface area contributed by atoms with Crippen molar-refractivity contribution in [1.82, 2.24) is 25.2 Å². The lowest BCUT2D eigenvalue weighted by atomic mass is 9.91. The first-order valence-corrected chi connectivity index (χ1v) is 16.4. The molecule has 3 heterocycles. The number of nitrogens with one attached hydrogen (secondary N) is 2. The molecule has 3 aliphatic rings. The zero-order chi connectivity index (χ0) is 36.5. The van der Waals surface area contributed by atoms with Crippen molar-refractivity contribution in [3.05, 3.63) is 99.6 Å². The number of ether oxygens (including phenoxy) is 1. The average Bonchev–Trinajstić information content (AvgIpc) is 3.96. The normalized spacial score (nSPS) is 19.6. The molecule has 3 N–H and O–H groups in total. The SMILES string of the molecule is C[C@@]1(Cc2ccc(OC(F)(F)F)cc2)C(=O)N(c2cc(Cl)cc(Cl)c2)c2ncc(C(=O)NC3(C(=O)NC4(c5ccc(C(=O)O)cn5)CC4)CC3)n21. The topological polar surface area (TPSA) is 156 Å². The lowest BCUT2D eigenvalue weighted by Gasteiger charge is -2.27. The van der Waals surface area contributed by atoms with Gasteiger partial charge in [-0.05, 0) is 80.6 Å². The first-order chi connectivity index (χ1) is 24.0. The van der Waals surface area contributed by atoms with Crippen LogP contribution < -0.4 is 20.3 Å². The summed E-state index contributed by atoms with van der Waals surface area (Å²) >= 11 is 12.5. The van der Waals surface area contributed by atoms with Crippen molar-refractivity contribution in [2.75, 3.05) is 4.90 Å². The highest BCUT2D eigenvalue weighted by molar-refractivity contribution is 6.35. The standard InChI is InChI=1S/C34H27Cl2F3N6O6/c1-31(15-18-2-5-23(6-3-18)51-34(37,38)39)29(50)44(22-13-20(35)12-21(36)14-22)30-41-17-24(45(30)31)26(46)42-33(10-11-33)28(49)43-32(8-9-32)25-7-4-19(16-40-25)27(47)48/h2-7,12-14,16-17H,8-11,15H2,1H3,(H,42,46)(H,43,49)(H,47,48)/t31-/m1/s1. The number of alkyl halides is 3. The third-order valence-electron chi connectivity index (χ3n) is 9.28. The van der Waals surface area contributed by atoms with Crippen molar-refractivity contribution in [3.63, 3.8) is 0 Å². The van der Waals surface area contributed by atoms with E-state index in [2.05, 4.69) is 25.3 Å². The van der Waals surface area contributed by atoms with E-state index in [1.54, 1.807) is 13.0 Å². The predicted molar refractivity (Wildman–Crippen MR) is 176 cm³/mol. The van der Waals surface area contributed by atoms with Crippen LogP contribution in [0.2, 0.25) is 10.0 Å². The molecule has 2 aliphatic carbocycles. The summed E-state index contributed by atoms with van der Waals surface area (Å²) < 4.78 is 43.8. The summed E-state index contributed by atoms with van der Waals surface area (Å²) in [5, 5.41) is 15.5. The van der Waals surface area contributed by atoms with Crippen molar-refractivity contribution in [2.24, 2.45) is 0 Å². The number of rotatable bonds is 10. The maximum atomic E-state index is 14.3. The van der Waals surface area contributed by atoms with Crippen LogP contribution >= 0.6 is 23.2 Å². The van der Waals surface area contributed by atoms with Gasteiger partial charge in [0.15, 0.2) is 0 Å². The van der Waals surface area contributed by atoms with Gasteiger partial charge >= 0.3 is 12.3 Å². The molecule has 3 amide bonds. The van der Waals surface area contributed by atoms with Crippen LogP contribution in [0.5, 0.6) is 5.75 Å². The summed E-state index contributed by atoms with van der Waals surface area (Å²) in [5.74, 6) is -3.15. The Balaban J connectivity index is 1.18. The van der Waals surface area contributed by atoms with Crippen molar-refractivity contribution in [3.8, 4) is 5.75 Å². The van der Waals surface area contributed by atoms with Crippen LogP contribution in [0.4, 0.5) is 24.8 Å². The molecular weight excluding hydrogens is 716 g/mol. The van der Waals surface area contributed by atoms with E-state index in [0.29, 0.717) is 36.9 Å². The number of benzene rings is 2. The molecule has 2 aromatic carbocycles. The number of pyridine rings is 1. The van der Waals surface area contributed by atoms with Gasteiger partial charge in [0.25, 0.3) is 11.8 Å². The summed E-state index contributed by atoms with van der Waals surface area (Å²) in [6.45, 7) is 1.57. The molecule has 0 spiro atoms. The van der Waals surface area contributed by atoms with E-state index in [0.717, 1.165) is 12.1 Å². The number of imidazole rings is 1. The van der Waals surface area contributed by atoms with Crippen LogP contribution in [-0.4, -0.2) is 55.2 Å². The number of hydrogen-bond acceptors (Lipinski definition) is 7. The minimum Gasteiger partial charge on any atom is -0.478 e. The fourth-order valence-electron chi connectivity index (χ4n) is 6.36. The predicted octanol–water partition coefficient (Wildman–Crippen LogP) is 5.89. The number of aromatic carboxylic acids is 1. The minimum atomic E-state index is -4.89. The Morgan fingerprint density at radius 3 is 2.16 bits per heavy atom. The van der Waals surface area contributed by atoms with Crippen molar-refractivity contribution >= 4 is 58.5 Å². The van der Waals surface area contributed by atoms with Gasteiger partial charge in [-0.25, -0.2) is 14.7 Å². The van der Waals surface area contributed by atoms with Crippen LogP contribution in [0.25, 0.3) is 0 Å². The monoisotopic (exact) mass is 742 g/mol. The van der Waals surface area contributed by atoms with Crippen LogP contribution in [0.15, 0.2) is 67.0 Å². The van der Waals surface area contributed by atoms with Crippen molar-refractivity contribution in [2.45, 2.75) is 62.0 Å². The number of nitrogens with zero attached hydrogens (tertiary/aromatic N) is 4. The molecule has 1 aliphatic heterocycles. The summed E-state index contributed by atoms with van der Waals surface area (Å²) in [6.07, 6.45) is -0.640. The first kappa shape index (κ1) is 34.3. The van der Waals surface area contributed by atoms with Crippen LogP contribution in [0.3, 0.4) is 0 Å². The molecular formula is C34H27Cl2F3N6O6. The fourth-order valence-corrected chi connectivity index (χ4v) is 6.88. The molecule has 4 aromatic rings. The van der Waals surface area contributed by atoms with E-state index in [-0.39, 0.29) is 39.4 Å². The van der Waals surface area contributed by atoms with E-state index < -0.39 is 52.4 Å². The van der Waals surface area contributed by atoms with Gasteiger partial charge in [-0.3, -0.25) is 23.9 Å². The second-order valence-electron chi connectivity index (χ2n) is 13.0. The molecule has 2 aromatic heterocycles. The van der Waals surface area contributed by atoms with E-state index in [1.165, 1.54) is 58.3 Å². The Bertz CT molecular complexity index is 2080. The van der Waals surface area contributed by atoms with Crippen molar-refractivity contribution < 1.29 is 42.2 Å². The number of carbonyl (C=O) groups excluding carboxylic acids is 3. The molecule has 51 heavy (non-hydrogen) atoms. The number of hydrogen-bond donors (Lipinski definition) is 3. The number of carboxylic acid groups (broad SMARTS) is 1. The smallest absolute Gasteiger partial charge is 0.478 e. The van der Waals surface area contributed by atoms with E-state index >= 15 is 0 Å². The molecule has 7 rings (SSSR count). The molecule has 17 heteroatoms. The second kappa shape index (κ2) is 12.0. The van der Waals surface area contributed by atoms with Gasteiger partial charge in [0.05, 0.1) is 28.7 Å². The van der Waals surface area contributed by atoms with E-state index in [1.807, 2.05) is 0 Å². The van der Waals surface area contributed by atoms with Crippen LogP contribution in [0, 0.1) is 0 Å². The van der Waals surface area contributed by atoms with Crippen LogP contribution in [0.1, 0.15) is 64.7 Å². The van der Waals surface area contributed by atoms with Gasteiger partial charge in [0.1, 0.15) is 22.5 Å². The maximum absolute atomic E-state index is 14.3. The van der Waals surface area contributed by atoms with Gasteiger partial charge in [-0.15, -0.1) is 13.2 Å². The van der Waals surface area contributed by atoms with Gasteiger partial charge in [0, 0.05) is 22.7 Å². The van der Waals surface area contributed by atoms with Gasteiger partial charge in [-0.1, -0.05) is 35.3 Å². The number of carboxylic acids is 1. The highest BCUT2D eigenvalue weighted by atomic mass is 35.5. The molecule has 2 fully saturated rings. The lowest BCUT2D eigenvalue weighted by Crippen LogP contribution is -2.52. The largest absolute Gasteiger partial charge is 0.573 e. The first-order valence-electron chi connectivity index (χ1n) is 15.6. The van der Waals surface area contributed by atoms with Gasteiger partial charge in [-0.2, -0.15) is 0 Å². The van der Waals surface area contributed by atoms with Crippen molar-refractivity contribution in [1.29, 1.82) is 0 Å². The summed E-state index contributed by atoms with van der Waals surface area (Å²) in [4.78, 5) is 63.2. The number of aromatic nitrogens is 3. The Morgan fingerprint density at radius 2 is 1.61 bits per heavy atom. The number of halogens is 5. The zero-order valence-electron chi connectivity index (χ0n) is 26.6. The highest BCUT2D eigenvalue weighted by Crippen LogP contribution is 2.47. The molecule has 264 valence electrons. The number of carbonyl (C=O) groups is 4. The van der Waals surface area contributed by atoms with Crippen LogP contribution in [-0.2, 0) is 27.1 Å². The highest BCUT2D eigenvalue weighted by Gasteiger charge is 2.57. The van der Waals surface area contributed by atoms with E-state index in [4.69, 9.17) is 23.2 Å². The summed E-state index contributed by atoms with van der Waals surface area (Å²) in [6, 6.07) is 12.5. The second-order valence-corrected chi connectivity index (χ2v) is 13.9. The number of fused-ring (bicyclic) bond motifs is 1. The van der Waals surface area contributed by atoms with Gasteiger partial charge < -0.3 is 20.5 Å². The maximum Gasteiger partial charge on any atom is 0.573 e. The Hall–Kier alpha value is -5.15. The number of amides is 3. The Morgan fingerprint density at radius 1 is 0.941 bits per heavy atom. The Labute approximate surface area is 297 Å². The molecule has 2 saturated carbocycles. The molecule has 0 bridgehead atoms. The molecule has 1 atom stereocenters. The summed E-state index contributed by atoms with van der Waals surface area (Å²) in [7, 11) is 0. The quantitative estimate of drug-likeness (QED) is 0.182. The average molecular weight is 744 g/mol. The third kappa shape index (κ3) is 6.35. The molecule has 12 nitrogen and oxygen atoms in total. The molecule has 0 saturated heterocycles. The molecule has 0 radical (unpaired) electrons.